The van der Waals surface area contributed by atoms with Gasteiger partial charge in [-0.1, -0.05) is 41.9 Å². The zero-order chi connectivity index (χ0) is 21.1. The molecule has 1 aliphatic rings. The molecule has 150 valence electrons. The van der Waals surface area contributed by atoms with Crippen LogP contribution in [-0.4, -0.2) is 28.8 Å². The van der Waals surface area contributed by atoms with Crippen LogP contribution in [0.5, 0.6) is 0 Å². The van der Waals surface area contributed by atoms with Gasteiger partial charge in [0.1, 0.15) is 5.82 Å². The van der Waals surface area contributed by atoms with Crippen molar-refractivity contribution < 1.29 is 18.7 Å². The quantitative estimate of drug-likeness (QED) is 0.632. The molecule has 1 saturated heterocycles. The summed E-state index contributed by atoms with van der Waals surface area (Å²) in [5.41, 5.74) is 4.73. The molecule has 3 aromatic rings. The van der Waals surface area contributed by atoms with Crippen LogP contribution in [0.3, 0.4) is 0 Å². The van der Waals surface area contributed by atoms with E-state index < -0.39 is 12.1 Å². The second kappa shape index (κ2) is 8.47. The molecule has 0 bridgehead atoms. The highest BCUT2D eigenvalue weighted by Gasteiger charge is 2.47. The van der Waals surface area contributed by atoms with Gasteiger partial charge in [-0.05, 0) is 48.5 Å². The molecule has 4 rings (SSSR count). The Morgan fingerprint density at radius 2 is 1.67 bits per heavy atom. The van der Waals surface area contributed by atoms with Crippen molar-refractivity contribution >= 4 is 29.6 Å². The topological polar surface area (TPSA) is 61.2 Å². The maximum atomic E-state index is 13.3. The van der Waals surface area contributed by atoms with Gasteiger partial charge in [-0.3, -0.25) is 9.59 Å². The number of hydrogen-bond acceptors (Lipinski definition) is 2. The second-order valence-corrected chi connectivity index (χ2v) is 7.31. The maximum Gasteiger partial charge on any atom is 0.304 e. The first kappa shape index (κ1) is 19.8. The second-order valence-electron chi connectivity index (χ2n) is 6.88. The third-order valence-electron chi connectivity index (χ3n) is 4.83. The minimum absolute atomic E-state index is 0.347. The number of hydrazine groups is 1. The fourth-order valence-corrected chi connectivity index (χ4v) is 3.49. The lowest BCUT2D eigenvalue weighted by atomic mass is 10.00. The Balaban J connectivity index is 1.70. The third kappa shape index (κ3) is 4.23. The van der Waals surface area contributed by atoms with Gasteiger partial charge in [0.05, 0.1) is 0 Å². The smallest absolute Gasteiger partial charge is 0.304 e. The van der Waals surface area contributed by atoms with Crippen LogP contribution in [0.4, 0.5) is 4.39 Å². The molecule has 0 aliphatic carbocycles. The van der Waals surface area contributed by atoms with Gasteiger partial charge < -0.3 is 5.32 Å². The molecule has 1 fully saturated rings. The lowest BCUT2D eigenvalue weighted by molar-refractivity contribution is -0.596. The first-order valence-corrected chi connectivity index (χ1v) is 9.70. The van der Waals surface area contributed by atoms with E-state index in [0.717, 1.165) is 5.56 Å². The van der Waals surface area contributed by atoms with E-state index in [1.54, 1.807) is 71.6 Å². The first-order valence-electron chi connectivity index (χ1n) is 9.32. The van der Waals surface area contributed by atoms with Crippen molar-refractivity contribution in [3.05, 3.63) is 106 Å². The maximum absolute atomic E-state index is 13.3. The number of hydrazone groups is 1. The van der Waals surface area contributed by atoms with Gasteiger partial charge in [0, 0.05) is 21.7 Å². The van der Waals surface area contributed by atoms with E-state index in [-0.39, 0.29) is 17.6 Å². The molecule has 1 aliphatic heterocycles. The average Bonchev–Trinajstić information content (AvgIpc) is 3.05. The van der Waals surface area contributed by atoms with Crippen molar-refractivity contribution in [1.82, 2.24) is 10.7 Å². The molecule has 0 aromatic heterocycles. The largest absolute Gasteiger partial charge is 0.334 e. The van der Waals surface area contributed by atoms with Crippen molar-refractivity contribution in [2.24, 2.45) is 0 Å². The highest BCUT2D eigenvalue weighted by molar-refractivity contribution is 6.30. The monoisotopic (exact) mass is 422 g/mol. The van der Waals surface area contributed by atoms with Crippen LogP contribution in [0.1, 0.15) is 27.5 Å². The Morgan fingerprint density at radius 3 is 2.33 bits per heavy atom. The number of carbonyl (C=O) groups excluding carboxylic acids is 2. The summed E-state index contributed by atoms with van der Waals surface area (Å²) in [4.78, 5) is 25.5. The summed E-state index contributed by atoms with van der Waals surface area (Å²) in [6.45, 7) is 0. The van der Waals surface area contributed by atoms with Crippen molar-refractivity contribution in [2.75, 3.05) is 0 Å². The standard InChI is InChI=1S/C23H17ClFN3O2/c24-18-10-8-16(9-11-18)21-20(26-22(29)17-4-2-1-3-5-17)23(30)27-28(21)14-15-6-12-19(25)13-7-15/h1-14,20-21H,(H-,26,27,29,30)/p+1/b28-14-/t20-,21-/m0/s1. The summed E-state index contributed by atoms with van der Waals surface area (Å²) in [5, 5.41) is 3.39. The van der Waals surface area contributed by atoms with E-state index in [2.05, 4.69) is 10.7 Å². The van der Waals surface area contributed by atoms with Crippen molar-refractivity contribution in [1.29, 1.82) is 0 Å². The number of benzene rings is 3. The normalized spacial score (nSPS) is 19.5. The number of nitrogens with zero attached hydrogens (tertiary/aromatic N) is 1. The molecule has 5 nitrogen and oxygen atoms in total. The molecule has 7 heteroatoms. The lowest BCUT2D eigenvalue weighted by Gasteiger charge is -2.14. The third-order valence-corrected chi connectivity index (χ3v) is 5.08. The molecule has 0 spiro atoms. The van der Waals surface area contributed by atoms with Gasteiger partial charge in [-0.2, -0.15) is 0 Å². The molecule has 3 aromatic carbocycles. The Bertz CT molecular complexity index is 1100. The number of nitrogens with one attached hydrogen (secondary N) is 2. The average molecular weight is 423 g/mol. The molecule has 2 atom stereocenters. The Morgan fingerprint density at radius 1 is 1.00 bits per heavy atom. The summed E-state index contributed by atoms with van der Waals surface area (Å²) < 4.78 is 14.9. The first-order chi connectivity index (χ1) is 14.5. The van der Waals surface area contributed by atoms with Crippen LogP contribution >= 0.6 is 11.6 Å². The fourth-order valence-electron chi connectivity index (χ4n) is 3.36. The number of halogens is 2. The molecular formula is C23H18ClFN3O2+. The van der Waals surface area contributed by atoms with Gasteiger partial charge in [0.25, 0.3) is 5.91 Å². The Hall–Kier alpha value is -3.51. The highest BCUT2D eigenvalue weighted by Crippen LogP contribution is 2.26. The predicted molar refractivity (Wildman–Crippen MR) is 112 cm³/mol. The van der Waals surface area contributed by atoms with Crippen molar-refractivity contribution in [3.8, 4) is 0 Å². The lowest BCUT2D eigenvalue weighted by Crippen LogP contribution is -2.42. The SMILES string of the molecule is O=C(N[C@@H]1C(=O)N/[N+](=C\c2ccc(F)cc2)[C@H]1c1ccc(Cl)cc1)c1ccccc1. The summed E-state index contributed by atoms with van der Waals surface area (Å²) >= 11 is 6.02. The molecule has 1 heterocycles. The van der Waals surface area contributed by atoms with Crippen LogP contribution in [0, 0.1) is 5.82 Å². The fraction of sp³-hybridized carbons (Fsp3) is 0.0870. The van der Waals surface area contributed by atoms with E-state index >= 15 is 0 Å². The van der Waals surface area contributed by atoms with Crippen LogP contribution in [-0.2, 0) is 4.79 Å². The Kier molecular flexibility index (Phi) is 5.59. The zero-order valence-electron chi connectivity index (χ0n) is 15.8. The van der Waals surface area contributed by atoms with E-state index in [4.69, 9.17) is 11.6 Å². The van der Waals surface area contributed by atoms with E-state index in [1.165, 1.54) is 12.1 Å². The molecule has 2 N–H and O–H groups in total. The summed E-state index contributed by atoms with van der Waals surface area (Å²) in [6, 6.07) is 20.3. The molecule has 30 heavy (non-hydrogen) atoms. The van der Waals surface area contributed by atoms with Crippen molar-refractivity contribution in [3.63, 3.8) is 0 Å². The van der Waals surface area contributed by atoms with Gasteiger partial charge in [-0.25, -0.2) is 4.39 Å². The summed E-state index contributed by atoms with van der Waals surface area (Å²) in [7, 11) is 0. The number of amides is 2. The van der Waals surface area contributed by atoms with Crippen LogP contribution in [0.15, 0.2) is 78.9 Å². The molecule has 0 unspecified atom stereocenters. The molecule has 2 amide bonds. The molecule has 0 radical (unpaired) electrons. The van der Waals surface area contributed by atoms with E-state index in [0.29, 0.717) is 16.1 Å². The number of rotatable bonds is 4. The minimum atomic E-state index is -0.837. The number of carbonyl (C=O) groups is 2. The van der Waals surface area contributed by atoms with Crippen LogP contribution in [0.2, 0.25) is 5.02 Å². The van der Waals surface area contributed by atoms with Gasteiger partial charge >= 0.3 is 5.91 Å². The van der Waals surface area contributed by atoms with Crippen LogP contribution in [0.25, 0.3) is 0 Å². The van der Waals surface area contributed by atoms with Crippen LogP contribution < -0.4 is 10.7 Å². The molecular weight excluding hydrogens is 405 g/mol. The summed E-state index contributed by atoms with van der Waals surface area (Å²) in [5.74, 6) is -1.05. The summed E-state index contributed by atoms with van der Waals surface area (Å²) in [6.07, 6.45) is 1.70. The number of hydrogen-bond donors (Lipinski definition) is 2. The van der Waals surface area contributed by atoms with Gasteiger partial charge in [0.15, 0.2) is 6.04 Å². The zero-order valence-corrected chi connectivity index (χ0v) is 16.5. The predicted octanol–water partition coefficient (Wildman–Crippen LogP) is 3.50. The Labute approximate surface area is 177 Å². The molecule has 0 saturated carbocycles. The van der Waals surface area contributed by atoms with E-state index in [1.807, 2.05) is 6.07 Å². The van der Waals surface area contributed by atoms with Gasteiger partial charge in [0.2, 0.25) is 12.3 Å². The van der Waals surface area contributed by atoms with E-state index in [9.17, 15) is 14.0 Å². The van der Waals surface area contributed by atoms with Crippen molar-refractivity contribution in [2.45, 2.75) is 12.1 Å². The highest BCUT2D eigenvalue weighted by atomic mass is 35.5. The van der Waals surface area contributed by atoms with Gasteiger partial charge in [-0.15, -0.1) is 10.1 Å². The minimum Gasteiger partial charge on any atom is -0.334 e.